The molecule has 1 fully saturated rings. The second-order valence-corrected chi connectivity index (χ2v) is 5.30. The van der Waals surface area contributed by atoms with E-state index in [1.54, 1.807) is 20.1 Å². The smallest absolute Gasteiger partial charge is 0.310 e. The van der Waals surface area contributed by atoms with E-state index in [-0.39, 0.29) is 6.04 Å². The third-order valence-corrected chi connectivity index (χ3v) is 3.50. The zero-order valence-electron chi connectivity index (χ0n) is 10.3. The molecule has 1 heterocycles. The highest BCUT2D eigenvalue weighted by Crippen LogP contribution is 2.40. The predicted molar refractivity (Wildman–Crippen MR) is 63.5 cm³/mol. The van der Waals surface area contributed by atoms with Crippen LogP contribution in [-0.2, 0) is 11.3 Å². The van der Waals surface area contributed by atoms with E-state index in [4.69, 9.17) is 4.42 Å². The molecule has 0 radical (unpaired) electrons. The molecular weight excluding hydrogens is 218 g/mol. The monoisotopic (exact) mass is 237 g/mol. The maximum absolute atomic E-state index is 11.3. The molecule has 0 aliphatic heterocycles. The Morgan fingerprint density at radius 1 is 1.65 bits per heavy atom. The number of carboxylic acids is 1. The molecule has 1 unspecified atom stereocenters. The number of hydrogen-bond acceptors (Lipinski definition) is 3. The van der Waals surface area contributed by atoms with Crippen molar-refractivity contribution in [2.45, 2.75) is 39.3 Å². The highest BCUT2D eigenvalue weighted by Gasteiger charge is 2.45. The molecule has 0 saturated heterocycles. The zero-order chi connectivity index (χ0) is 12.5. The van der Waals surface area contributed by atoms with Gasteiger partial charge < -0.3 is 14.8 Å². The largest absolute Gasteiger partial charge is 0.481 e. The van der Waals surface area contributed by atoms with Gasteiger partial charge in [-0.1, -0.05) is 0 Å². The lowest BCUT2D eigenvalue weighted by Crippen LogP contribution is -2.47. The third kappa shape index (κ3) is 2.69. The average molecular weight is 237 g/mol. The first-order valence-electron chi connectivity index (χ1n) is 6.01. The molecule has 4 nitrogen and oxygen atoms in total. The fraction of sp³-hybridized carbons (Fsp3) is 0.615. The summed E-state index contributed by atoms with van der Waals surface area (Å²) >= 11 is 0. The predicted octanol–water partition coefficient (Wildman–Crippen LogP) is 2.26. The van der Waals surface area contributed by atoms with Crippen molar-refractivity contribution in [3.63, 3.8) is 0 Å². The lowest BCUT2D eigenvalue weighted by Gasteiger charge is -2.31. The summed E-state index contributed by atoms with van der Waals surface area (Å²) in [5.41, 5.74) is -0.742. The summed E-state index contributed by atoms with van der Waals surface area (Å²) in [6, 6.07) is 3.74. The zero-order valence-corrected chi connectivity index (χ0v) is 10.3. The summed E-state index contributed by atoms with van der Waals surface area (Å²) in [4.78, 5) is 11.3. The molecule has 0 aromatic carbocycles. The van der Waals surface area contributed by atoms with Crippen LogP contribution in [0.2, 0.25) is 0 Å². The molecule has 94 valence electrons. The van der Waals surface area contributed by atoms with Crippen molar-refractivity contribution in [2.24, 2.45) is 11.3 Å². The second kappa shape index (κ2) is 4.53. The van der Waals surface area contributed by atoms with Gasteiger partial charge in [-0.2, -0.15) is 0 Å². The standard InChI is InChI=1S/C13H19NO3/c1-13(2,12(15)16)11(9-5-6-9)14-8-10-4-3-7-17-10/h3-4,7,9,11,14H,5-6,8H2,1-2H3,(H,15,16). The van der Waals surface area contributed by atoms with E-state index >= 15 is 0 Å². The minimum atomic E-state index is -0.749. The van der Waals surface area contributed by atoms with Gasteiger partial charge in [0.1, 0.15) is 5.76 Å². The molecule has 2 N–H and O–H groups in total. The van der Waals surface area contributed by atoms with E-state index in [2.05, 4.69) is 5.32 Å². The molecule has 1 aromatic rings. The van der Waals surface area contributed by atoms with Gasteiger partial charge in [0, 0.05) is 6.04 Å². The molecule has 1 saturated carbocycles. The van der Waals surface area contributed by atoms with Crippen LogP contribution >= 0.6 is 0 Å². The molecule has 4 heteroatoms. The van der Waals surface area contributed by atoms with Crippen LogP contribution in [0.1, 0.15) is 32.4 Å². The van der Waals surface area contributed by atoms with Gasteiger partial charge in [0.15, 0.2) is 0 Å². The summed E-state index contributed by atoms with van der Waals surface area (Å²) < 4.78 is 5.25. The van der Waals surface area contributed by atoms with Gasteiger partial charge in [0.05, 0.1) is 18.2 Å². The van der Waals surface area contributed by atoms with Crippen LogP contribution in [-0.4, -0.2) is 17.1 Å². The summed E-state index contributed by atoms with van der Waals surface area (Å²) in [6.45, 7) is 4.16. The molecular formula is C13H19NO3. The van der Waals surface area contributed by atoms with Crippen molar-refractivity contribution >= 4 is 5.97 Å². The van der Waals surface area contributed by atoms with Crippen LogP contribution in [0.4, 0.5) is 0 Å². The van der Waals surface area contributed by atoms with Gasteiger partial charge in [-0.15, -0.1) is 0 Å². The van der Waals surface area contributed by atoms with Crippen LogP contribution in [0.15, 0.2) is 22.8 Å². The highest BCUT2D eigenvalue weighted by molar-refractivity contribution is 5.74. The Balaban J connectivity index is 2.00. The van der Waals surface area contributed by atoms with E-state index in [9.17, 15) is 9.90 Å². The fourth-order valence-electron chi connectivity index (χ4n) is 2.20. The highest BCUT2D eigenvalue weighted by atomic mass is 16.4. The van der Waals surface area contributed by atoms with Crippen molar-refractivity contribution in [3.05, 3.63) is 24.2 Å². The number of nitrogens with one attached hydrogen (secondary N) is 1. The quantitative estimate of drug-likeness (QED) is 0.796. The summed E-state index contributed by atoms with van der Waals surface area (Å²) in [5, 5.41) is 12.6. The SMILES string of the molecule is CC(C)(C(=O)O)C(NCc1ccco1)C1CC1. The van der Waals surface area contributed by atoms with Gasteiger partial charge in [-0.05, 0) is 44.7 Å². The maximum Gasteiger partial charge on any atom is 0.310 e. The summed E-state index contributed by atoms with van der Waals surface area (Å²) in [6.07, 6.45) is 3.87. The molecule has 1 aliphatic carbocycles. The van der Waals surface area contributed by atoms with E-state index in [0.717, 1.165) is 18.6 Å². The number of aliphatic carboxylic acids is 1. The normalized spacial score (nSPS) is 18.0. The molecule has 1 atom stereocenters. The number of furan rings is 1. The maximum atomic E-state index is 11.3. The Kier molecular flexibility index (Phi) is 3.24. The Morgan fingerprint density at radius 3 is 2.82 bits per heavy atom. The molecule has 2 rings (SSSR count). The molecule has 1 aromatic heterocycles. The Bertz CT molecular complexity index is 379. The lowest BCUT2D eigenvalue weighted by molar-refractivity contribution is -0.149. The minimum absolute atomic E-state index is 0.00472. The first-order chi connectivity index (χ1) is 8.01. The molecule has 0 amide bonds. The van der Waals surface area contributed by atoms with Gasteiger partial charge in [-0.3, -0.25) is 4.79 Å². The van der Waals surface area contributed by atoms with Gasteiger partial charge >= 0.3 is 5.97 Å². The molecule has 17 heavy (non-hydrogen) atoms. The van der Waals surface area contributed by atoms with Crippen LogP contribution in [0, 0.1) is 11.3 Å². The number of hydrogen-bond donors (Lipinski definition) is 2. The number of carboxylic acid groups (broad SMARTS) is 1. The Hall–Kier alpha value is -1.29. The van der Waals surface area contributed by atoms with E-state index in [1.807, 2.05) is 12.1 Å². The van der Waals surface area contributed by atoms with Gasteiger partial charge in [0.25, 0.3) is 0 Å². The molecule has 0 spiro atoms. The van der Waals surface area contributed by atoms with Crippen molar-refractivity contribution < 1.29 is 14.3 Å². The van der Waals surface area contributed by atoms with Gasteiger partial charge in [-0.25, -0.2) is 0 Å². The van der Waals surface area contributed by atoms with Crippen LogP contribution in [0.5, 0.6) is 0 Å². The Labute approximate surface area is 101 Å². The number of rotatable bonds is 6. The first-order valence-corrected chi connectivity index (χ1v) is 6.01. The van der Waals surface area contributed by atoms with Crippen LogP contribution in [0.3, 0.4) is 0 Å². The Morgan fingerprint density at radius 2 is 2.35 bits per heavy atom. The van der Waals surface area contributed by atoms with Crippen molar-refractivity contribution in [2.75, 3.05) is 0 Å². The summed E-state index contributed by atoms with van der Waals surface area (Å²) in [5.74, 6) is 0.578. The van der Waals surface area contributed by atoms with Crippen LogP contribution in [0.25, 0.3) is 0 Å². The van der Waals surface area contributed by atoms with E-state index < -0.39 is 11.4 Å². The topological polar surface area (TPSA) is 62.5 Å². The van der Waals surface area contributed by atoms with Crippen molar-refractivity contribution in [3.8, 4) is 0 Å². The fourth-order valence-corrected chi connectivity index (χ4v) is 2.20. The van der Waals surface area contributed by atoms with Crippen molar-refractivity contribution in [1.29, 1.82) is 0 Å². The minimum Gasteiger partial charge on any atom is -0.481 e. The average Bonchev–Trinajstić information content (AvgIpc) is 2.94. The first kappa shape index (κ1) is 12.2. The third-order valence-electron chi connectivity index (χ3n) is 3.50. The van der Waals surface area contributed by atoms with E-state index in [0.29, 0.717) is 12.5 Å². The molecule has 0 bridgehead atoms. The molecule has 1 aliphatic rings. The van der Waals surface area contributed by atoms with E-state index in [1.165, 1.54) is 0 Å². The summed E-state index contributed by atoms with van der Waals surface area (Å²) in [7, 11) is 0. The number of carbonyl (C=O) groups is 1. The second-order valence-electron chi connectivity index (χ2n) is 5.30. The van der Waals surface area contributed by atoms with Crippen molar-refractivity contribution in [1.82, 2.24) is 5.32 Å². The lowest BCUT2D eigenvalue weighted by atomic mass is 9.81. The van der Waals surface area contributed by atoms with Crippen LogP contribution < -0.4 is 5.32 Å². The van der Waals surface area contributed by atoms with Gasteiger partial charge in [0.2, 0.25) is 0 Å².